The third-order valence-electron chi connectivity index (χ3n) is 4.15. The molecule has 0 aromatic heterocycles. The van der Waals surface area contributed by atoms with Gasteiger partial charge in [-0.25, -0.2) is 0 Å². The molecule has 2 aromatic carbocycles. The van der Waals surface area contributed by atoms with Crippen LogP contribution in [0, 0.1) is 5.92 Å². The van der Waals surface area contributed by atoms with Gasteiger partial charge in [0.2, 0.25) is 5.91 Å². The summed E-state index contributed by atoms with van der Waals surface area (Å²) < 4.78 is 10.6. The number of carbonyl (C=O) groups excluding carboxylic acids is 3. The fraction of sp³-hybridized carbons (Fsp3) is 0.211. The van der Waals surface area contributed by atoms with Crippen LogP contribution in [0.25, 0.3) is 0 Å². The van der Waals surface area contributed by atoms with Crippen LogP contribution in [0.1, 0.15) is 16.8 Å². The number of rotatable bonds is 5. The van der Waals surface area contributed by atoms with Gasteiger partial charge in [0.25, 0.3) is 0 Å². The molecular weight excluding hydrogens is 358 g/mol. The number of carbonyl (C=O) groups is 3. The molecule has 1 aliphatic heterocycles. The molecule has 1 saturated heterocycles. The van der Waals surface area contributed by atoms with Crippen LogP contribution in [0.5, 0.6) is 11.5 Å². The first-order valence-electron chi connectivity index (χ1n) is 7.93. The maximum absolute atomic E-state index is 12.5. The number of benzene rings is 2. The van der Waals surface area contributed by atoms with Crippen molar-refractivity contribution in [1.82, 2.24) is 0 Å². The van der Waals surface area contributed by atoms with Crippen LogP contribution >= 0.6 is 11.6 Å². The lowest BCUT2D eigenvalue weighted by Gasteiger charge is -2.19. The van der Waals surface area contributed by atoms with Gasteiger partial charge in [0, 0.05) is 18.0 Å². The van der Waals surface area contributed by atoms with Crippen LogP contribution in [0.4, 0.5) is 5.69 Å². The Bertz CT molecular complexity index is 867. The van der Waals surface area contributed by atoms with E-state index >= 15 is 0 Å². The van der Waals surface area contributed by atoms with Crippen LogP contribution in [0.15, 0.2) is 42.5 Å². The fourth-order valence-electron chi connectivity index (χ4n) is 2.83. The highest BCUT2D eigenvalue weighted by atomic mass is 35.5. The highest BCUT2D eigenvalue weighted by Gasteiger charge is 2.37. The van der Waals surface area contributed by atoms with Gasteiger partial charge in [0.15, 0.2) is 6.29 Å². The van der Waals surface area contributed by atoms with Gasteiger partial charge in [-0.05, 0) is 30.3 Å². The minimum absolute atomic E-state index is 0.0117. The van der Waals surface area contributed by atoms with Crippen molar-refractivity contribution < 1.29 is 23.9 Å². The second-order valence-electron chi connectivity index (χ2n) is 5.80. The third kappa shape index (κ3) is 3.55. The second-order valence-corrected chi connectivity index (χ2v) is 6.23. The second kappa shape index (κ2) is 7.58. The van der Waals surface area contributed by atoms with Crippen molar-refractivity contribution in [3.63, 3.8) is 0 Å². The highest BCUT2D eigenvalue weighted by molar-refractivity contribution is 6.31. The Morgan fingerprint density at radius 1 is 1.23 bits per heavy atom. The Morgan fingerprint density at radius 3 is 2.73 bits per heavy atom. The van der Waals surface area contributed by atoms with Crippen molar-refractivity contribution in [2.24, 2.45) is 5.92 Å². The van der Waals surface area contributed by atoms with Gasteiger partial charge >= 0.3 is 5.97 Å². The molecule has 0 saturated carbocycles. The van der Waals surface area contributed by atoms with Crippen molar-refractivity contribution in [2.75, 3.05) is 18.6 Å². The molecule has 6 nitrogen and oxygen atoms in total. The molecule has 26 heavy (non-hydrogen) atoms. The van der Waals surface area contributed by atoms with Crippen LogP contribution in [-0.2, 0) is 9.59 Å². The van der Waals surface area contributed by atoms with E-state index in [0.29, 0.717) is 22.7 Å². The molecule has 1 heterocycles. The van der Waals surface area contributed by atoms with Crippen molar-refractivity contribution >= 4 is 35.5 Å². The van der Waals surface area contributed by atoms with Crippen molar-refractivity contribution in [1.29, 1.82) is 0 Å². The Morgan fingerprint density at radius 2 is 2.00 bits per heavy atom. The van der Waals surface area contributed by atoms with Crippen molar-refractivity contribution in [2.45, 2.75) is 6.42 Å². The number of hydrogen-bond acceptors (Lipinski definition) is 5. The lowest BCUT2D eigenvalue weighted by molar-refractivity contribution is -0.139. The van der Waals surface area contributed by atoms with E-state index in [9.17, 15) is 14.4 Å². The number of esters is 1. The van der Waals surface area contributed by atoms with E-state index in [0.717, 1.165) is 0 Å². The summed E-state index contributed by atoms with van der Waals surface area (Å²) in [6, 6.07) is 11.4. The van der Waals surface area contributed by atoms with Gasteiger partial charge in [-0.2, -0.15) is 0 Å². The molecule has 3 rings (SSSR count). The molecule has 1 atom stereocenters. The number of aldehydes is 1. The lowest BCUT2D eigenvalue weighted by Crippen LogP contribution is -2.27. The molecule has 0 unspecified atom stereocenters. The Labute approximate surface area is 155 Å². The first kappa shape index (κ1) is 17.9. The van der Waals surface area contributed by atoms with Crippen molar-refractivity contribution in [3.8, 4) is 11.5 Å². The molecule has 1 aliphatic rings. The predicted octanol–water partition coefficient (Wildman–Crippen LogP) is 3.12. The number of amides is 1. The molecule has 7 heteroatoms. The van der Waals surface area contributed by atoms with Crippen LogP contribution in [0.3, 0.4) is 0 Å². The zero-order valence-electron chi connectivity index (χ0n) is 14.0. The van der Waals surface area contributed by atoms with Crippen LogP contribution in [-0.4, -0.2) is 31.8 Å². The van der Waals surface area contributed by atoms with E-state index < -0.39 is 11.9 Å². The minimum Gasteiger partial charge on any atom is -0.495 e. The molecule has 0 bridgehead atoms. The number of methoxy groups -OCH3 is 1. The smallest absolute Gasteiger partial charge is 0.316 e. The van der Waals surface area contributed by atoms with Crippen LogP contribution < -0.4 is 14.4 Å². The average molecular weight is 374 g/mol. The molecular formula is C19H16ClNO5. The Hall–Kier alpha value is -2.86. The zero-order valence-corrected chi connectivity index (χ0v) is 14.7. The number of halogens is 1. The van der Waals surface area contributed by atoms with Gasteiger partial charge in [-0.15, -0.1) is 0 Å². The van der Waals surface area contributed by atoms with E-state index in [1.807, 2.05) is 0 Å². The van der Waals surface area contributed by atoms with Crippen molar-refractivity contribution in [3.05, 3.63) is 53.1 Å². The number of nitrogens with zero attached hydrogens (tertiary/aromatic N) is 1. The summed E-state index contributed by atoms with van der Waals surface area (Å²) in [4.78, 5) is 37.4. The van der Waals surface area contributed by atoms with Gasteiger partial charge in [-0.3, -0.25) is 14.4 Å². The number of ether oxygens (including phenoxy) is 2. The average Bonchev–Trinajstić information content (AvgIpc) is 3.04. The molecule has 0 N–H and O–H groups in total. The molecule has 134 valence electrons. The highest BCUT2D eigenvalue weighted by Crippen LogP contribution is 2.35. The maximum Gasteiger partial charge on any atom is 0.316 e. The van der Waals surface area contributed by atoms with E-state index in [2.05, 4.69) is 0 Å². The molecule has 1 amide bonds. The van der Waals surface area contributed by atoms with E-state index in [1.54, 1.807) is 36.4 Å². The monoisotopic (exact) mass is 373 g/mol. The number of anilines is 1. The number of hydrogen-bond donors (Lipinski definition) is 0. The van der Waals surface area contributed by atoms with Gasteiger partial charge < -0.3 is 14.4 Å². The van der Waals surface area contributed by atoms with Gasteiger partial charge in [0.1, 0.15) is 11.5 Å². The quantitative estimate of drug-likeness (QED) is 0.457. The summed E-state index contributed by atoms with van der Waals surface area (Å²) in [7, 11) is 1.50. The zero-order chi connectivity index (χ0) is 18.7. The number of para-hydroxylation sites is 1. The Balaban J connectivity index is 1.78. The fourth-order valence-corrected chi connectivity index (χ4v) is 3.00. The molecule has 0 aliphatic carbocycles. The Kier molecular flexibility index (Phi) is 5.23. The molecule has 2 aromatic rings. The summed E-state index contributed by atoms with van der Waals surface area (Å²) in [5.41, 5.74) is 0.784. The summed E-state index contributed by atoms with van der Waals surface area (Å²) in [6.45, 7) is 0.150. The lowest BCUT2D eigenvalue weighted by atomic mass is 10.1. The van der Waals surface area contributed by atoms with Gasteiger partial charge in [0.05, 0.1) is 24.3 Å². The summed E-state index contributed by atoms with van der Waals surface area (Å²) in [6.07, 6.45) is 0.628. The third-order valence-corrected chi connectivity index (χ3v) is 4.38. The predicted molar refractivity (Wildman–Crippen MR) is 95.9 cm³/mol. The van der Waals surface area contributed by atoms with E-state index in [-0.39, 0.29) is 30.2 Å². The summed E-state index contributed by atoms with van der Waals surface area (Å²) in [5, 5.41) is 0.458. The standard InChI is InChI=1S/C19H16ClNO5/c1-25-17-7-6-14(20)9-15(17)21-10-13(8-18(21)23)19(24)26-16-5-3-2-4-12(16)11-22/h2-7,9,11,13H,8,10H2,1H3/t13-/m1/s1. The minimum atomic E-state index is -0.647. The van der Waals surface area contributed by atoms with Crippen LogP contribution in [0.2, 0.25) is 5.02 Å². The SMILES string of the molecule is COc1ccc(Cl)cc1N1C[C@H](C(=O)Oc2ccccc2C=O)CC1=O. The van der Waals surface area contributed by atoms with E-state index in [4.69, 9.17) is 21.1 Å². The molecule has 1 fully saturated rings. The van der Waals surface area contributed by atoms with Gasteiger partial charge in [-0.1, -0.05) is 23.7 Å². The molecule has 0 radical (unpaired) electrons. The summed E-state index contributed by atoms with van der Waals surface area (Å²) in [5.74, 6) is -0.764. The molecule has 0 spiro atoms. The topological polar surface area (TPSA) is 72.9 Å². The first-order chi connectivity index (χ1) is 12.5. The normalized spacial score (nSPS) is 16.5. The maximum atomic E-state index is 12.5. The largest absolute Gasteiger partial charge is 0.495 e. The van der Waals surface area contributed by atoms with E-state index in [1.165, 1.54) is 18.1 Å². The first-order valence-corrected chi connectivity index (χ1v) is 8.31. The summed E-state index contributed by atoms with van der Waals surface area (Å²) >= 11 is 6.02.